The summed E-state index contributed by atoms with van der Waals surface area (Å²) < 4.78 is 0. The van der Waals surface area contributed by atoms with E-state index in [1.807, 2.05) is 24.3 Å². The Balaban J connectivity index is 1.76. The van der Waals surface area contributed by atoms with Crippen molar-refractivity contribution in [3.63, 3.8) is 0 Å². The van der Waals surface area contributed by atoms with Crippen LogP contribution in [0.5, 0.6) is 5.75 Å². The number of para-hydroxylation sites is 1. The van der Waals surface area contributed by atoms with Gasteiger partial charge in [0.25, 0.3) is 0 Å². The number of carbonyl (C=O) groups is 5. The van der Waals surface area contributed by atoms with Crippen molar-refractivity contribution in [2.75, 3.05) is 6.54 Å². The molecule has 0 bridgehead atoms. The first-order valence-corrected chi connectivity index (χ1v) is 14.9. The highest BCUT2D eigenvalue weighted by atomic mass is 16.4. The van der Waals surface area contributed by atoms with Gasteiger partial charge in [0, 0.05) is 36.5 Å². The summed E-state index contributed by atoms with van der Waals surface area (Å²) in [5.74, 6) is -4.46. The minimum atomic E-state index is -1.35. The molecule has 16 heteroatoms. The molecule has 0 fully saturated rings. The predicted molar refractivity (Wildman–Crippen MR) is 174 cm³/mol. The number of carboxylic acids is 1. The molecule has 0 aliphatic heterocycles. The number of aromatic amines is 1. The Morgan fingerprint density at radius 3 is 2.06 bits per heavy atom. The van der Waals surface area contributed by atoms with Gasteiger partial charge in [-0.1, -0.05) is 30.3 Å². The monoisotopic (exact) mass is 651 g/mol. The summed E-state index contributed by atoms with van der Waals surface area (Å²) in [6, 6.07) is 8.35. The molecule has 4 unspecified atom stereocenters. The molecule has 0 radical (unpaired) electrons. The van der Waals surface area contributed by atoms with Gasteiger partial charge < -0.3 is 54.1 Å². The lowest BCUT2D eigenvalue weighted by molar-refractivity contribution is -0.142. The van der Waals surface area contributed by atoms with E-state index in [0.717, 1.165) is 10.9 Å². The molecule has 0 saturated carbocycles. The van der Waals surface area contributed by atoms with E-state index in [1.165, 1.54) is 12.1 Å². The molecule has 1 aromatic heterocycles. The number of nitrogens with zero attached hydrogens (tertiary/aromatic N) is 1. The summed E-state index contributed by atoms with van der Waals surface area (Å²) in [6.07, 6.45) is 1.48. The number of nitrogens with two attached hydrogens (primary N) is 4. The Morgan fingerprint density at radius 1 is 0.809 bits per heavy atom. The molecule has 3 rings (SSSR count). The summed E-state index contributed by atoms with van der Waals surface area (Å²) in [5.41, 5.74) is 24.3. The number of benzene rings is 2. The molecule has 0 saturated heterocycles. The van der Waals surface area contributed by atoms with Gasteiger partial charge in [-0.2, -0.15) is 0 Å². The standard InChI is InChI=1S/C31H41N9O7/c32-21(14-17-7-9-19(41)10-8-17)27(43)38-24(11-12-26(33)42)29(45)39-23(6-3-13-36-31(34)35)28(44)40-25(30(46)47)15-18-16-37-22-5-2-1-4-20(18)22/h1-2,4-5,7-10,16,21,23-25,37,41H,3,6,11-15,32H2,(H2,33,42)(H,38,43)(H,39,45)(H,40,44)(H,46,47)(H4,34,35,36). The van der Waals surface area contributed by atoms with Crippen molar-refractivity contribution in [3.05, 3.63) is 65.9 Å². The number of nitrogens with one attached hydrogen (secondary N) is 4. The number of aliphatic imine (C=N–C) groups is 1. The van der Waals surface area contributed by atoms with Gasteiger partial charge >= 0.3 is 5.97 Å². The summed E-state index contributed by atoms with van der Waals surface area (Å²) in [4.78, 5) is 70.6. The van der Waals surface area contributed by atoms with Gasteiger partial charge in [-0.05, 0) is 55.0 Å². The number of aliphatic carboxylic acids is 1. The number of aromatic hydroxyl groups is 1. The molecule has 14 N–H and O–H groups in total. The average molecular weight is 652 g/mol. The van der Waals surface area contributed by atoms with Crippen LogP contribution >= 0.6 is 0 Å². The van der Waals surface area contributed by atoms with E-state index in [0.29, 0.717) is 11.1 Å². The SMILES string of the molecule is NC(=O)CCC(NC(=O)C(N)Cc1ccc(O)cc1)C(=O)NC(CCCN=C(N)N)C(=O)NC(Cc1c[nH]c2ccccc12)C(=O)O. The second-order valence-corrected chi connectivity index (χ2v) is 11.0. The van der Waals surface area contributed by atoms with E-state index < -0.39 is 53.8 Å². The molecule has 252 valence electrons. The number of amides is 4. The van der Waals surface area contributed by atoms with Crippen LogP contribution in [0.25, 0.3) is 10.9 Å². The third-order valence-electron chi connectivity index (χ3n) is 7.33. The van der Waals surface area contributed by atoms with E-state index in [2.05, 4.69) is 25.9 Å². The second-order valence-electron chi connectivity index (χ2n) is 11.0. The number of aromatic nitrogens is 1. The molecule has 4 amide bonds. The number of phenolic OH excluding ortho intramolecular Hbond substituents is 1. The molecular formula is C31H41N9O7. The first-order chi connectivity index (χ1) is 22.3. The lowest BCUT2D eigenvalue weighted by Crippen LogP contribution is -2.57. The zero-order chi connectivity index (χ0) is 34.5. The number of primary amides is 1. The molecule has 0 spiro atoms. The van der Waals surface area contributed by atoms with Crippen molar-refractivity contribution < 1.29 is 34.2 Å². The van der Waals surface area contributed by atoms with Crippen molar-refractivity contribution in [2.45, 2.75) is 62.7 Å². The molecule has 3 aromatic rings. The zero-order valence-corrected chi connectivity index (χ0v) is 25.6. The van der Waals surface area contributed by atoms with E-state index in [1.54, 1.807) is 18.3 Å². The average Bonchev–Trinajstić information content (AvgIpc) is 3.43. The Hall–Kier alpha value is -5.64. The van der Waals surface area contributed by atoms with Crippen molar-refractivity contribution in [3.8, 4) is 5.75 Å². The highest BCUT2D eigenvalue weighted by Crippen LogP contribution is 2.19. The maximum atomic E-state index is 13.5. The number of carboxylic acid groups (broad SMARTS) is 1. The summed E-state index contributed by atoms with van der Waals surface area (Å²) >= 11 is 0. The van der Waals surface area contributed by atoms with Gasteiger partial charge in [0.1, 0.15) is 23.9 Å². The van der Waals surface area contributed by atoms with E-state index in [9.17, 15) is 34.2 Å². The Labute approximate surface area is 270 Å². The van der Waals surface area contributed by atoms with E-state index in [-0.39, 0.29) is 56.8 Å². The quantitative estimate of drug-likeness (QED) is 0.0447. The summed E-state index contributed by atoms with van der Waals surface area (Å²) in [5, 5.41) is 27.8. The van der Waals surface area contributed by atoms with Gasteiger partial charge in [0.05, 0.1) is 6.04 Å². The smallest absolute Gasteiger partial charge is 0.326 e. The van der Waals surface area contributed by atoms with Crippen LogP contribution in [-0.2, 0) is 36.8 Å². The first kappa shape index (κ1) is 35.8. The van der Waals surface area contributed by atoms with Crippen molar-refractivity contribution >= 4 is 46.5 Å². The summed E-state index contributed by atoms with van der Waals surface area (Å²) in [6.45, 7) is 0.119. The Bertz CT molecular complexity index is 1590. The molecule has 2 aromatic carbocycles. The minimum Gasteiger partial charge on any atom is -0.508 e. The highest BCUT2D eigenvalue weighted by Gasteiger charge is 2.31. The number of H-pyrrole nitrogens is 1. The number of hydrogen-bond acceptors (Lipinski definition) is 8. The fourth-order valence-corrected chi connectivity index (χ4v) is 4.85. The Kier molecular flexibility index (Phi) is 13.1. The van der Waals surface area contributed by atoms with Crippen LogP contribution in [0.3, 0.4) is 0 Å². The van der Waals surface area contributed by atoms with Crippen LogP contribution in [0, 0.1) is 0 Å². The molecular weight excluding hydrogens is 610 g/mol. The van der Waals surface area contributed by atoms with Crippen molar-refractivity contribution in [1.82, 2.24) is 20.9 Å². The number of hydrogen-bond donors (Lipinski definition) is 10. The highest BCUT2D eigenvalue weighted by molar-refractivity contribution is 5.94. The number of phenols is 1. The molecule has 0 aliphatic carbocycles. The second kappa shape index (κ2) is 17.2. The van der Waals surface area contributed by atoms with Crippen LogP contribution in [0.4, 0.5) is 0 Å². The van der Waals surface area contributed by atoms with Gasteiger partial charge in [-0.3, -0.25) is 24.2 Å². The third-order valence-corrected chi connectivity index (χ3v) is 7.33. The predicted octanol–water partition coefficient (Wildman–Crippen LogP) is -1.16. The van der Waals surface area contributed by atoms with Crippen molar-refractivity contribution in [1.29, 1.82) is 0 Å². The van der Waals surface area contributed by atoms with Gasteiger partial charge in [-0.15, -0.1) is 0 Å². The fourth-order valence-electron chi connectivity index (χ4n) is 4.85. The third kappa shape index (κ3) is 11.3. The topological polar surface area (TPSA) is 294 Å². The van der Waals surface area contributed by atoms with Crippen LogP contribution in [-0.4, -0.2) is 81.5 Å². The number of guanidine groups is 1. The number of rotatable bonds is 18. The largest absolute Gasteiger partial charge is 0.508 e. The maximum absolute atomic E-state index is 13.5. The van der Waals surface area contributed by atoms with E-state index >= 15 is 0 Å². The van der Waals surface area contributed by atoms with Gasteiger partial charge in [0.2, 0.25) is 23.6 Å². The molecule has 47 heavy (non-hydrogen) atoms. The maximum Gasteiger partial charge on any atom is 0.326 e. The molecule has 4 atom stereocenters. The summed E-state index contributed by atoms with van der Waals surface area (Å²) in [7, 11) is 0. The van der Waals surface area contributed by atoms with Crippen LogP contribution in [0.2, 0.25) is 0 Å². The fraction of sp³-hybridized carbons (Fsp3) is 0.355. The van der Waals surface area contributed by atoms with Gasteiger partial charge in [-0.25, -0.2) is 4.79 Å². The first-order valence-electron chi connectivity index (χ1n) is 14.9. The normalized spacial score (nSPS) is 13.5. The van der Waals surface area contributed by atoms with Crippen LogP contribution < -0.4 is 38.9 Å². The lowest BCUT2D eigenvalue weighted by Gasteiger charge is -2.25. The van der Waals surface area contributed by atoms with Crippen molar-refractivity contribution in [2.24, 2.45) is 27.9 Å². The minimum absolute atomic E-state index is 0.00459. The number of fused-ring (bicyclic) bond motifs is 1. The molecule has 1 heterocycles. The van der Waals surface area contributed by atoms with Crippen LogP contribution in [0.1, 0.15) is 36.8 Å². The Morgan fingerprint density at radius 2 is 1.43 bits per heavy atom. The van der Waals surface area contributed by atoms with Crippen LogP contribution in [0.15, 0.2) is 59.7 Å². The number of carbonyl (C=O) groups excluding carboxylic acids is 4. The lowest BCUT2D eigenvalue weighted by atomic mass is 10.0. The van der Waals surface area contributed by atoms with Gasteiger partial charge in [0.15, 0.2) is 5.96 Å². The zero-order valence-electron chi connectivity index (χ0n) is 25.6. The molecule has 0 aliphatic rings. The molecule has 16 nitrogen and oxygen atoms in total. The van der Waals surface area contributed by atoms with E-state index in [4.69, 9.17) is 22.9 Å².